The zero-order chi connectivity index (χ0) is 8.27. The fourth-order valence-electron chi connectivity index (χ4n) is 2.33. The minimum atomic E-state index is 0.986. The quantitative estimate of drug-likeness (QED) is 0.605. The molecule has 2 unspecified atom stereocenters. The number of hydrogen-bond donors (Lipinski definition) is 0. The molecule has 0 aromatic carbocycles. The molecule has 1 fully saturated rings. The molecule has 0 spiro atoms. The number of likely N-dealkylation sites (tertiary alicyclic amines) is 1. The van der Waals surface area contributed by atoms with Crippen molar-refractivity contribution in [2.45, 2.75) is 33.1 Å². The van der Waals surface area contributed by atoms with E-state index in [1.54, 1.807) is 0 Å². The summed E-state index contributed by atoms with van der Waals surface area (Å²) in [6, 6.07) is 0. The number of hydrogen-bond acceptors (Lipinski definition) is 1. The lowest BCUT2D eigenvalue weighted by Gasteiger charge is -2.14. The molecule has 11 heavy (non-hydrogen) atoms. The Kier molecular flexibility index (Phi) is 3.38. The summed E-state index contributed by atoms with van der Waals surface area (Å²) >= 11 is 0. The highest BCUT2D eigenvalue weighted by molar-refractivity contribution is 4.80. The normalized spacial score (nSPS) is 33.0. The predicted molar refractivity (Wildman–Crippen MR) is 49.7 cm³/mol. The van der Waals surface area contributed by atoms with Gasteiger partial charge in [-0.3, -0.25) is 0 Å². The third-order valence-electron chi connectivity index (χ3n) is 2.94. The van der Waals surface area contributed by atoms with Crippen molar-refractivity contribution in [2.24, 2.45) is 11.8 Å². The molecule has 1 saturated heterocycles. The first-order valence-electron chi connectivity index (χ1n) is 4.96. The first kappa shape index (κ1) is 9.05. The Balaban J connectivity index is 2.37. The van der Waals surface area contributed by atoms with Gasteiger partial charge in [-0.15, -0.1) is 0 Å². The molecule has 66 valence electrons. The highest BCUT2D eigenvalue weighted by Gasteiger charge is 2.27. The Morgan fingerprint density at radius 1 is 1.18 bits per heavy atom. The summed E-state index contributed by atoms with van der Waals surface area (Å²) in [7, 11) is 2.25. The molecule has 1 heteroatoms. The Morgan fingerprint density at radius 2 is 1.82 bits per heavy atom. The van der Waals surface area contributed by atoms with Crippen LogP contribution >= 0.6 is 0 Å². The Morgan fingerprint density at radius 3 is 2.36 bits per heavy atom. The average molecular weight is 155 g/mol. The third kappa shape index (κ3) is 2.19. The van der Waals surface area contributed by atoms with Gasteiger partial charge >= 0.3 is 0 Å². The maximum atomic E-state index is 2.48. The van der Waals surface area contributed by atoms with Gasteiger partial charge in [0.05, 0.1) is 0 Å². The molecule has 0 bridgehead atoms. The standard InChI is InChI=1S/C10H21N/c1-4-6-10-8-11(3)7-9(10)5-2/h9-10H,4-8H2,1-3H3. The van der Waals surface area contributed by atoms with Gasteiger partial charge in [-0.2, -0.15) is 0 Å². The fraction of sp³-hybridized carbons (Fsp3) is 1.00. The van der Waals surface area contributed by atoms with Crippen LogP contribution in [0.3, 0.4) is 0 Å². The topological polar surface area (TPSA) is 3.24 Å². The van der Waals surface area contributed by atoms with E-state index in [9.17, 15) is 0 Å². The molecule has 1 aliphatic rings. The second kappa shape index (κ2) is 4.10. The third-order valence-corrected chi connectivity index (χ3v) is 2.94. The lowest BCUT2D eigenvalue weighted by molar-refractivity contribution is 0.379. The van der Waals surface area contributed by atoms with Crippen molar-refractivity contribution in [1.29, 1.82) is 0 Å². The molecular formula is C10H21N. The molecule has 0 amide bonds. The molecule has 1 heterocycles. The van der Waals surface area contributed by atoms with Crippen molar-refractivity contribution < 1.29 is 0 Å². The highest BCUT2D eigenvalue weighted by Crippen LogP contribution is 2.28. The average Bonchev–Trinajstić information content (AvgIpc) is 2.32. The van der Waals surface area contributed by atoms with E-state index in [2.05, 4.69) is 25.8 Å². The molecule has 0 aliphatic carbocycles. The molecule has 0 aromatic heterocycles. The first-order valence-corrected chi connectivity index (χ1v) is 4.96. The maximum absolute atomic E-state index is 2.48. The monoisotopic (exact) mass is 155 g/mol. The van der Waals surface area contributed by atoms with Gasteiger partial charge in [0.15, 0.2) is 0 Å². The number of rotatable bonds is 3. The summed E-state index contributed by atoms with van der Waals surface area (Å²) in [6.07, 6.45) is 4.16. The Hall–Kier alpha value is -0.0400. The van der Waals surface area contributed by atoms with E-state index in [0.29, 0.717) is 0 Å². The van der Waals surface area contributed by atoms with Crippen LogP contribution in [0.15, 0.2) is 0 Å². The second-order valence-electron chi connectivity index (χ2n) is 3.94. The summed E-state index contributed by atoms with van der Waals surface area (Å²) in [5.74, 6) is 1.98. The van der Waals surface area contributed by atoms with Gasteiger partial charge in [0, 0.05) is 13.1 Å². The zero-order valence-electron chi connectivity index (χ0n) is 8.14. The summed E-state index contributed by atoms with van der Waals surface area (Å²) in [5.41, 5.74) is 0. The molecule has 0 N–H and O–H groups in total. The van der Waals surface area contributed by atoms with Crippen molar-refractivity contribution in [1.82, 2.24) is 4.90 Å². The van der Waals surface area contributed by atoms with Crippen LogP contribution in [0.1, 0.15) is 33.1 Å². The van der Waals surface area contributed by atoms with E-state index in [4.69, 9.17) is 0 Å². The number of nitrogens with zero attached hydrogens (tertiary/aromatic N) is 1. The van der Waals surface area contributed by atoms with Crippen LogP contribution in [0.2, 0.25) is 0 Å². The van der Waals surface area contributed by atoms with E-state index < -0.39 is 0 Å². The van der Waals surface area contributed by atoms with Crippen molar-refractivity contribution in [2.75, 3.05) is 20.1 Å². The van der Waals surface area contributed by atoms with E-state index in [0.717, 1.165) is 11.8 Å². The largest absolute Gasteiger partial charge is 0.306 e. The lowest BCUT2D eigenvalue weighted by Crippen LogP contribution is -2.13. The Labute approximate surface area is 70.8 Å². The van der Waals surface area contributed by atoms with Crippen molar-refractivity contribution >= 4 is 0 Å². The zero-order valence-corrected chi connectivity index (χ0v) is 8.14. The van der Waals surface area contributed by atoms with Crippen molar-refractivity contribution in [3.63, 3.8) is 0 Å². The molecular weight excluding hydrogens is 134 g/mol. The summed E-state index contributed by atoms with van der Waals surface area (Å²) < 4.78 is 0. The van der Waals surface area contributed by atoms with E-state index in [1.165, 1.54) is 32.4 Å². The van der Waals surface area contributed by atoms with Gasteiger partial charge in [0.25, 0.3) is 0 Å². The molecule has 0 aromatic rings. The molecule has 2 atom stereocenters. The molecule has 1 aliphatic heterocycles. The molecule has 1 nitrogen and oxygen atoms in total. The van der Waals surface area contributed by atoms with Gasteiger partial charge in [-0.25, -0.2) is 0 Å². The SMILES string of the molecule is CCCC1CN(C)CC1CC. The van der Waals surface area contributed by atoms with Gasteiger partial charge in [0.1, 0.15) is 0 Å². The summed E-state index contributed by atoms with van der Waals surface area (Å²) in [4.78, 5) is 2.48. The first-order chi connectivity index (χ1) is 5.27. The molecule has 0 radical (unpaired) electrons. The van der Waals surface area contributed by atoms with Crippen LogP contribution in [0, 0.1) is 11.8 Å². The van der Waals surface area contributed by atoms with Crippen molar-refractivity contribution in [3.8, 4) is 0 Å². The minimum Gasteiger partial charge on any atom is -0.306 e. The van der Waals surface area contributed by atoms with Crippen LogP contribution in [-0.4, -0.2) is 25.0 Å². The van der Waals surface area contributed by atoms with Crippen molar-refractivity contribution in [3.05, 3.63) is 0 Å². The van der Waals surface area contributed by atoms with Crippen LogP contribution in [-0.2, 0) is 0 Å². The lowest BCUT2D eigenvalue weighted by atomic mass is 9.90. The van der Waals surface area contributed by atoms with E-state index >= 15 is 0 Å². The Bertz CT molecular complexity index is 111. The van der Waals surface area contributed by atoms with Crippen LogP contribution in [0.4, 0.5) is 0 Å². The highest BCUT2D eigenvalue weighted by atomic mass is 15.1. The van der Waals surface area contributed by atoms with Gasteiger partial charge in [0.2, 0.25) is 0 Å². The predicted octanol–water partition coefficient (Wildman–Crippen LogP) is 2.37. The van der Waals surface area contributed by atoms with Crippen LogP contribution < -0.4 is 0 Å². The fourth-order valence-corrected chi connectivity index (χ4v) is 2.33. The second-order valence-corrected chi connectivity index (χ2v) is 3.94. The molecule has 0 saturated carbocycles. The van der Waals surface area contributed by atoms with Crippen LogP contribution in [0.5, 0.6) is 0 Å². The maximum Gasteiger partial charge on any atom is 0.000985 e. The van der Waals surface area contributed by atoms with E-state index in [-0.39, 0.29) is 0 Å². The van der Waals surface area contributed by atoms with Gasteiger partial charge in [-0.05, 0) is 25.3 Å². The van der Waals surface area contributed by atoms with Crippen LogP contribution in [0.25, 0.3) is 0 Å². The minimum absolute atomic E-state index is 0.986. The van der Waals surface area contributed by atoms with Gasteiger partial charge in [-0.1, -0.05) is 26.7 Å². The summed E-state index contributed by atoms with van der Waals surface area (Å²) in [5, 5.41) is 0. The summed E-state index contributed by atoms with van der Waals surface area (Å²) in [6.45, 7) is 7.30. The molecule has 1 rings (SSSR count). The van der Waals surface area contributed by atoms with Gasteiger partial charge < -0.3 is 4.90 Å². The van der Waals surface area contributed by atoms with E-state index in [1.807, 2.05) is 0 Å². The smallest absolute Gasteiger partial charge is 0.000985 e.